The van der Waals surface area contributed by atoms with Gasteiger partial charge in [-0.2, -0.15) is 0 Å². The van der Waals surface area contributed by atoms with Crippen LogP contribution in [0.15, 0.2) is 0 Å². The second-order valence-corrected chi connectivity index (χ2v) is 6.42. The van der Waals surface area contributed by atoms with Gasteiger partial charge < -0.3 is 5.32 Å². The van der Waals surface area contributed by atoms with E-state index in [1.807, 2.05) is 0 Å². The van der Waals surface area contributed by atoms with Gasteiger partial charge in [0.15, 0.2) is 5.78 Å². The molecule has 0 saturated heterocycles. The van der Waals surface area contributed by atoms with Crippen LogP contribution in [0.4, 0.5) is 0 Å². The molecule has 0 aliphatic heterocycles. The zero-order valence-corrected chi connectivity index (χ0v) is 14.0. The average molecular weight is 309 g/mol. The van der Waals surface area contributed by atoms with Gasteiger partial charge in [-0.1, -0.05) is 51.9 Å². The number of carbonyl (C=O) groups is 3. The van der Waals surface area contributed by atoms with Crippen molar-refractivity contribution < 1.29 is 14.4 Å². The Labute approximate surface area is 134 Å². The van der Waals surface area contributed by atoms with Crippen molar-refractivity contribution in [3.63, 3.8) is 0 Å². The largest absolute Gasteiger partial charge is 0.346 e. The normalized spacial score (nSPS) is 18.2. The first kappa shape index (κ1) is 18.9. The molecule has 1 saturated carbocycles. The topological polar surface area (TPSA) is 63.2 Å². The summed E-state index contributed by atoms with van der Waals surface area (Å²) < 4.78 is 0. The molecule has 22 heavy (non-hydrogen) atoms. The Bertz CT molecular complexity index is 365. The minimum absolute atomic E-state index is 0.00526. The maximum Gasteiger partial charge on any atom is 0.228 e. The molecular formula is C18H31NO3. The van der Waals surface area contributed by atoms with E-state index in [9.17, 15) is 14.4 Å². The SMILES string of the molecule is CCCCCCCCCC(=O)CC(=O)NC1CCCCC1=O. The molecule has 1 atom stereocenters. The molecule has 1 unspecified atom stereocenters. The fourth-order valence-corrected chi connectivity index (χ4v) is 2.93. The van der Waals surface area contributed by atoms with E-state index < -0.39 is 0 Å². The van der Waals surface area contributed by atoms with Gasteiger partial charge in [-0.25, -0.2) is 0 Å². The van der Waals surface area contributed by atoms with E-state index in [4.69, 9.17) is 0 Å². The van der Waals surface area contributed by atoms with Gasteiger partial charge in [0.05, 0.1) is 12.5 Å². The summed E-state index contributed by atoms with van der Waals surface area (Å²) in [6.07, 6.45) is 11.8. The van der Waals surface area contributed by atoms with Crippen molar-refractivity contribution in [1.29, 1.82) is 0 Å². The number of unbranched alkanes of at least 4 members (excludes halogenated alkanes) is 6. The number of carbonyl (C=O) groups excluding carboxylic acids is 3. The van der Waals surface area contributed by atoms with Gasteiger partial charge in [0, 0.05) is 12.8 Å². The van der Waals surface area contributed by atoms with Crippen LogP contribution in [0.1, 0.15) is 90.4 Å². The second-order valence-electron chi connectivity index (χ2n) is 6.42. The van der Waals surface area contributed by atoms with Crippen molar-refractivity contribution >= 4 is 17.5 Å². The summed E-state index contributed by atoms with van der Waals surface area (Å²) in [4.78, 5) is 35.2. The number of rotatable bonds is 11. The van der Waals surface area contributed by atoms with Gasteiger partial charge >= 0.3 is 0 Å². The molecule has 0 aromatic carbocycles. The fourth-order valence-electron chi connectivity index (χ4n) is 2.93. The number of nitrogens with one attached hydrogen (secondary N) is 1. The molecule has 0 bridgehead atoms. The maximum atomic E-state index is 11.8. The summed E-state index contributed by atoms with van der Waals surface area (Å²) in [5.41, 5.74) is 0. The van der Waals surface area contributed by atoms with Gasteiger partial charge in [-0.15, -0.1) is 0 Å². The molecule has 0 radical (unpaired) electrons. The van der Waals surface area contributed by atoms with E-state index in [0.29, 0.717) is 12.8 Å². The van der Waals surface area contributed by atoms with E-state index in [2.05, 4.69) is 12.2 Å². The predicted molar refractivity (Wildman–Crippen MR) is 87.6 cm³/mol. The Balaban J connectivity index is 2.06. The molecule has 1 rings (SSSR count). The van der Waals surface area contributed by atoms with Crippen molar-refractivity contribution in [2.45, 2.75) is 96.4 Å². The minimum atomic E-state index is -0.354. The Kier molecular flexibility index (Phi) is 9.76. The quantitative estimate of drug-likeness (QED) is 0.467. The highest BCUT2D eigenvalue weighted by molar-refractivity contribution is 5.99. The molecule has 1 N–H and O–H groups in total. The third kappa shape index (κ3) is 8.30. The summed E-state index contributed by atoms with van der Waals surface area (Å²) in [6, 6.07) is -0.354. The highest BCUT2D eigenvalue weighted by Gasteiger charge is 2.24. The molecule has 4 heteroatoms. The summed E-state index contributed by atoms with van der Waals surface area (Å²) >= 11 is 0. The fraction of sp³-hybridized carbons (Fsp3) is 0.833. The van der Waals surface area contributed by atoms with Crippen molar-refractivity contribution in [3.8, 4) is 0 Å². The first-order valence-electron chi connectivity index (χ1n) is 8.97. The molecule has 126 valence electrons. The van der Waals surface area contributed by atoms with Crippen molar-refractivity contribution in [3.05, 3.63) is 0 Å². The monoisotopic (exact) mass is 309 g/mol. The molecule has 1 amide bonds. The zero-order valence-electron chi connectivity index (χ0n) is 14.0. The van der Waals surface area contributed by atoms with Gasteiger partial charge in [-0.3, -0.25) is 14.4 Å². The van der Waals surface area contributed by atoms with E-state index in [1.165, 1.54) is 32.1 Å². The van der Waals surface area contributed by atoms with Gasteiger partial charge in [0.2, 0.25) is 5.91 Å². The molecule has 1 fully saturated rings. The maximum absolute atomic E-state index is 11.8. The Morgan fingerprint density at radius 1 is 1.05 bits per heavy atom. The zero-order chi connectivity index (χ0) is 16.2. The van der Waals surface area contributed by atoms with Crippen LogP contribution >= 0.6 is 0 Å². The number of ketones is 2. The van der Waals surface area contributed by atoms with E-state index in [0.717, 1.165) is 32.1 Å². The molecule has 4 nitrogen and oxygen atoms in total. The highest BCUT2D eigenvalue weighted by Crippen LogP contribution is 2.14. The highest BCUT2D eigenvalue weighted by atomic mass is 16.2. The van der Waals surface area contributed by atoms with Crippen molar-refractivity contribution in [2.24, 2.45) is 0 Å². The summed E-state index contributed by atoms with van der Waals surface area (Å²) in [7, 11) is 0. The van der Waals surface area contributed by atoms with Crippen LogP contribution in [-0.2, 0) is 14.4 Å². The summed E-state index contributed by atoms with van der Waals surface area (Å²) in [5, 5.41) is 2.71. The van der Waals surface area contributed by atoms with Gasteiger partial charge in [0.25, 0.3) is 0 Å². The molecule has 0 aromatic heterocycles. The third-order valence-corrected chi connectivity index (χ3v) is 4.31. The van der Waals surface area contributed by atoms with E-state index in [-0.39, 0.29) is 29.9 Å². The summed E-state index contributed by atoms with van der Waals surface area (Å²) in [5.74, 6) is -0.179. The number of hydrogen-bond donors (Lipinski definition) is 1. The molecule has 0 aromatic rings. The van der Waals surface area contributed by atoms with Gasteiger partial charge in [-0.05, 0) is 19.3 Å². The molecule has 0 heterocycles. The number of amides is 1. The lowest BCUT2D eigenvalue weighted by Crippen LogP contribution is -2.43. The molecule has 1 aliphatic carbocycles. The standard InChI is InChI=1S/C18H31NO3/c1-2-3-4-5-6-7-8-11-15(20)14-18(22)19-16-12-9-10-13-17(16)21/h16H,2-14H2,1H3,(H,19,22). The van der Waals surface area contributed by atoms with Gasteiger partial charge in [0.1, 0.15) is 5.78 Å². The molecule has 1 aliphatic rings. The van der Waals surface area contributed by atoms with E-state index >= 15 is 0 Å². The predicted octanol–water partition coefficient (Wildman–Crippen LogP) is 3.71. The minimum Gasteiger partial charge on any atom is -0.346 e. The lowest BCUT2D eigenvalue weighted by atomic mass is 9.94. The van der Waals surface area contributed by atoms with Crippen molar-refractivity contribution in [2.75, 3.05) is 0 Å². The van der Waals surface area contributed by atoms with Crippen LogP contribution in [0.3, 0.4) is 0 Å². The smallest absolute Gasteiger partial charge is 0.228 e. The van der Waals surface area contributed by atoms with Crippen molar-refractivity contribution in [1.82, 2.24) is 5.32 Å². The average Bonchev–Trinajstić information content (AvgIpc) is 2.48. The Morgan fingerprint density at radius 2 is 1.73 bits per heavy atom. The lowest BCUT2D eigenvalue weighted by Gasteiger charge is -2.21. The van der Waals surface area contributed by atoms with Crippen LogP contribution in [0.5, 0.6) is 0 Å². The summed E-state index contributed by atoms with van der Waals surface area (Å²) in [6.45, 7) is 2.20. The Morgan fingerprint density at radius 3 is 2.41 bits per heavy atom. The number of Topliss-reactive ketones (excluding diaryl/α,β-unsaturated/α-hetero) is 2. The van der Waals surface area contributed by atoms with Crippen LogP contribution < -0.4 is 5.32 Å². The second kappa shape index (κ2) is 11.4. The Hall–Kier alpha value is -1.19. The van der Waals surface area contributed by atoms with Crippen LogP contribution in [-0.4, -0.2) is 23.5 Å². The van der Waals surface area contributed by atoms with E-state index in [1.54, 1.807) is 0 Å². The number of hydrogen-bond acceptors (Lipinski definition) is 3. The first-order valence-corrected chi connectivity index (χ1v) is 8.97. The lowest BCUT2D eigenvalue weighted by molar-refractivity contribution is -0.132. The van der Waals surface area contributed by atoms with Crippen LogP contribution in [0, 0.1) is 0 Å². The van der Waals surface area contributed by atoms with Crippen LogP contribution in [0.25, 0.3) is 0 Å². The molecule has 0 spiro atoms. The van der Waals surface area contributed by atoms with Crippen LogP contribution in [0.2, 0.25) is 0 Å². The first-order chi connectivity index (χ1) is 10.6. The third-order valence-electron chi connectivity index (χ3n) is 4.31. The molecular weight excluding hydrogens is 278 g/mol.